The molecular weight excluding hydrogens is 236 g/mol. The number of hydrogen-bond acceptors (Lipinski definition) is 3. The Morgan fingerprint density at radius 3 is 2.37 bits per heavy atom. The van der Waals surface area contributed by atoms with Crippen molar-refractivity contribution in [2.75, 3.05) is 24.6 Å². The van der Waals surface area contributed by atoms with Crippen LogP contribution in [0, 0.1) is 20.8 Å². The third-order valence-corrected chi connectivity index (χ3v) is 4.04. The van der Waals surface area contributed by atoms with Crippen LogP contribution in [0.1, 0.15) is 30.5 Å². The van der Waals surface area contributed by atoms with Crippen LogP contribution in [-0.4, -0.2) is 36.4 Å². The van der Waals surface area contributed by atoms with Crippen LogP contribution in [-0.2, 0) is 0 Å². The first kappa shape index (κ1) is 14.4. The second kappa shape index (κ2) is 5.14. The lowest BCUT2D eigenvalue weighted by molar-refractivity contribution is 0.212. The van der Waals surface area contributed by atoms with Gasteiger partial charge in [0.05, 0.1) is 12.6 Å². The largest absolute Gasteiger partial charge is 0.394 e. The van der Waals surface area contributed by atoms with Crippen molar-refractivity contribution in [2.45, 2.75) is 46.2 Å². The number of nitrogens with one attached hydrogen (secondary N) is 1. The third kappa shape index (κ3) is 2.63. The molecule has 106 valence electrons. The first-order valence-corrected chi connectivity index (χ1v) is 7.05. The smallest absolute Gasteiger partial charge is 0.0651 e. The quantitative estimate of drug-likeness (QED) is 0.857. The van der Waals surface area contributed by atoms with Crippen LogP contribution >= 0.6 is 0 Å². The predicted octanol–water partition coefficient (Wildman–Crippen LogP) is 2.16. The van der Waals surface area contributed by atoms with Crippen LogP contribution < -0.4 is 10.2 Å². The van der Waals surface area contributed by atoms with Crippen molar-refractivity contribution >= 4 is 5.69 Å². The van der Waals surface area contributed by atoms with Gasteiger partial charge in [-0.15, -0.1) is 0 Å². The van der Waals surface area contributed by atoms with Crippen LogP contribution in [0.25, 0.3) is 0 Å². The van der Waals surface area contributed by atoms with Gasteiger partial charge >= 0.3 is 0 Å². The lowest BCUT2D eigenvalue weighted by Crippen LogP contribution is -2.64. The number of aliphatic hydroxyl groups excluding tert-OH is 1. The molecule has 3 heteroatoms. The van der Waals surface area contributed by atoms with E-state index in [1.165, 1.54) is 22.4 Å². The minimum atomic E-state index is 0.0103. The maximum atomic E-state index is 9.71. The third-order valence-electron chi connectivity index (χ3n) is 4.04. The van der Waals surface area contributed by atoms with Crippen molar-refractivity contribution in [1.29, 1.82) is 0 Å². The summed E-state index contributed by atoms with van der Waals surface area (Å²) in [5.41, 5.74) is 5.19. The van der Waals surface area contributed by atoms with E-state index in [4.69, 9.17) is 0 Å². The lowest BCUT2D eigenvalue weighted by Gasteiger charge is -2.50. The average Bonchev–Trinajstić information content (AvgIpc) is 2.29. The standard InChI is InChI=1S/C16H26N2O/c1-11-6-12(2)15(13(3)7-11)18-14(9-19)8-17-10-16(18,4)5/h6-7,14,17,19H,8-10H2,1-5H3. The molecule has 0 aliphatic carbocycles. The molecule has 2 rings (SSSR count). The summed E-state index contributed by atoms with van der Waals surface area (Å²) in [4.78, 5) is 2.41. The highest BCUT2D eigenvalue weighted by molar-refractivity contribution is 5.63. The van der Waals surface area contributed by atoms with E-state index in [0.717, 1.165) is 13.1 Å². The molecule has 0 radical (unpaired) electrons. The monoisotopic (exact) mass is 262 g/mol. The number of aliphatic hydroxyl groups is 1. The topological polar surface area (TPSA) is 35.5 Å². The summed E-state index contributed by atoms with van der Waals surface area (Å²) in [6.45, 7) is 12.9. The first-order chi connectivity index (χ1) is 8.86. The van der Waals surface area contributed by atoms with Gasteiger partial charge in [0.15, 0.2) is 0 Å². The highest BCUT2D eigenvalue weighted by Gasteiger charge is 2.37. The highest BCUT2D eigenvalue weighted by Crippen LogP contribution is 2.34. The second-order valence-electron chi connectivity index (χ2n) is 6.40. The van der Waals surface area contributed by atoms with Gasteiger partial charge in [-0.2, -0.15) is 0 Å². The average molecular weight is 262 g/mol. The molecule has 1 heterocycles. The Labute approximate surface area is 116 Å². The number of nitrogens with zero attached hydrogens (tertiary/aromatic N) is 1. The van der Waals surface area contributed by atoms with Gasteiger partial charge in [0.1, 0.15) is 0 Å². The molecule has 1 aromatic carbocycles. The number of aryl methyl sites for hydroxylation is 3. The normalized spacial score (nSPS) is 22.6. The van der Waals surface area contributed by atoms with Gasteiger partial charge in [-0.1, -0.05) is 17.7 Å². The zero-order chi connectivity index (χ0) is 14.2. The van der Waals surface area contributed by atoms with E-state index in [1.807, 2.05) is 0 Å². The van der Waals surface area contributed by atoms with Crippen LogP contribution in [0.4, 0.5) is 5.69 Å². The first-order valence-electron chi connectivity index (χ1n) is 7.05. The number of benzene rings is 1. The molecule has 1 aromatic rings. The summed E-state index contributed by atoms with van der Waals surface area (Å²) in [6.07, 6.45) is 0. The Balaban J connectivity index is 2.53. The minimum Gasteiger partial charge on any atom is -0.394 e. The van der Waals surface area contributed by atoms with E-state index >= 15 is 0 Å². The Bertz CT molecular complexity index is 445. The van der Waals surface area contributed by atoms with E-state index in [1.54, 1.807) is 0 Å². The second-order valence-corrected chi connectivity index (χ2v) is 6.40. The Morgan fingerprint density at radius 1 is 1.26 bits per heavy atom. The van der Waals surface area contributed by atoms with Gasteiger partial charge in [0.2, 0.25) is 0 Å². The summed E-state index contributed by atoms with van der Waals surface area (Å²) < 4.78 is 0. The molecule has 19 heavy (non-hydrogen) atoms. The van der Waals surface area contributed by atoms with Gasteiger partial charge in [-0.05, 0) is 45.7 Å². The van der Waals surface area contributed by atoms with Gasteiger partial charge in [0.25, 0.3) is 0 Å². The fourth-order valence-corrected chi connectivity index (χ4v) is 3.40. The van der Waals surface area contributed by atoms with Crippen molar-refractivity contribution < 1.29 is 5.11 Å². The molecule has 1 aliphatic heterocycles. The number of rotatable bonds is 2. The van der Waals surface area contributed by atoms with E-state index < -0.39 is 0 Å². The van der Waals surface area contributed by atoms with E-state index in [-0.39, 0.29) is 18.2 Å². The fourth-order valence-electron chi connectivity index (χ4n) is 3.40. The zero-order valence-electron chi connectivity index (χ0n) is 12.7. The SMILES string of the molecule is Cc1cc(C)c(N2C(CO)CNCC2(C)C)c(C)c1. The number of hydrogen-bond donors (Lipinski definition) is 2. The molecule has 0 spiro atoms. The van der Waals surface area contributed by atoms with E-state index in [9.17, 15) is 5.11 Å². The molecule has 0 bridgehead atoms. The van der Waals surface area contributed by atoms with Crippen LogP contribution in [0.15, 0.2) is 12.1 Å². The fraction of sp³-hybridized carbons (Fsp3) is 0.625. The summed E-state index contributed by atoms with van der Waals surface area (Å²) in [7, 11) is 0. The van der Waals surface area contributed by atoms with Crippen LogP contribution in [0.3, 0.4) is 0 Å². The summed E-state index contributed by atoms with van der Waals surface area (Å²) in [5.74, 6) is 0. The molecule has 1 aliphatic rings. The number of piperazine rings is 1. The van der Waals surface area contributed by atoms with Crippen molar-refractivity contribution in [2.24, 2.45) is 0 Å². The minimum absolute atomic E-state index is 0.0103. The molecule has 0 aromatic heterocycles. The van der Waals surface area contributed by atoms with Gasteiger partial charge in [-0.3, -0.25) is 0 Å². The summed E-state index contributed by atoms with van der Waals surface area (Å²) in [5, 5.41) is 13.1. The van der Waals surface area contributed by atoms with Gasteiger partial charge in [0, 0.05) is 24.3 Å². The molecule has 1 saturated heterocycles. The van der Waals surface area contributed by atoms with E-state index in [2.05, 4.69) is 57.0 Å². The molecule has 2 N–H and O–H groups in total. The van der Waals surface area contributed by atoms with Crippen molar-refractivity contribution in [1.82, 2.24) is 5.32 Å². The van der Waals surface area contributed by atoms with Crippen LogP contribution in [0.5, 0.6) is 0 Å². The van der Waals surface area contributed by atoms with Crippen molar-refractivity contribution in [3.05, 3.63) is 28.8 Å². The Morgan fingerprint density at radius 2 is 1.84 bits per heavy atom. The Hall–Kier alpha value is -1.06. The van der Waals surface area contributed by atoms with Gasteiger partial charge in [-0.25, -0.2) is 0 Å². The summed E-state index contributed by atoms with van der Waals surface area (Å²) in [6, 6.07) is 4.60. The molecule has 1 unspecified atom stereocenters. The zero-order valence-corrected chi connectivity index (χ0v) is 12.7. The van der Waals surface area contributed by atoms with Crippen molar-refractivity contribution in [3.63, 3.8) is 0 Å². The molecule has 3 nitrogen and oxygen atoms in total. The molecule has 0 saturated carbocycles. The molecular formula is C16H26N2O. The lowest BCUT2D eigenvalue weighted by atomic mass is 9.92. The predicted molar refractivity (Wildman–Crippen MR) is 81.0 cm³/mol. The van der Waals surface area contributed by atoms with Crippen LogP contribution in [0.2, 0.25) is 0 Å². The summed E-state index contributed by atoms with van der Waals surface area (Å²) >= 11 is 0. The number of anilines is 1. The highest BCUT2D eigenvalue weighted by atomic mass is 16.3. The van der Waals surface area contributed by atoms with Crippen molar-refractivity contribution in [3.8, 4) is 0 Å². The van der Waals surface area contributed by atoms with Gasteiger partial charge < -0.3 is 15.3 Å². The maximum absolute atomic E-state index is 9.71. The van der Waals surface area contributed by atoms with E-state index in [0.29, 0.717) is 0 Å². The molecule has 0 amide bonds. The molecule has 1 atom stereocenters. The molecule has 1 fully saturated rings. The Kier molecular flexibility index (Phi) is 3.88. The maximum Gasteiger partial charge on any atom is 0.0651 e.